The first kappa shape index (κ1) is 11.9. The first-order valence-corrected chi connectivity index (χ1v) is 4.82. The Hall–Kier alpha value is -1.13. The Morgan fingerprint density at radius 3 is 2.73 bits per heavy atom. The highest BCUT2D eigenvalue weighted by atomic mass is 19.1. The van der Waals surface area contributed by atoms with Crippen LogP contribution >= 0.6 is 0 Å². The lowest BCUT2D eigenvalue weighted by atomic mass is 10.0. The van der Waals surface area contributed by atoms with Crippen LogP contribution in [0, 0.1) is 0 Å². The summed E-state index contributed by atoms with van der Waals surface area (Å²) in [4.78, 5) is 4.50. The van der Waals surface area contributed by atoms with Gasteiger partial charge >= 0.3 is 0 Å². The minimum atomic E-state index is -1.02. The number of nitrogens with two attached hydrogens (primary N) is 1. The Kier molecular flexibility index (Phi) is 4.52. The molecule has 1 rings (SSSR count). The molecule has 84 valence electrons. The molecule has 0 saturated carbocycles. The molecule has 0 amide bonds. The van der Waals surface area contributed by atoms with Gasteiger partial charge in [-0.1, -0.05) is 12.1 Å². The fourth-order valence-corrected chi connectivity index (χ4v) is 1.58. The predicted octanol–water partition coefficient (Wildman–Crippen LogP) is 2.16. The Balaban J connectivity index is 3.03. The molecule has 1 unspecified atom stereocenters. The maximum atomic E-state index is 13.3. The van der Waals surface area contributed by atoms with E-state index in [1.807, 2.05) is 0 Å². The quantitative estimate of drug-likeness (QED) is 0.762. The highest BCUT2D eigenvalue weighted by Gasteiger charge is 2.13. The van der Waals surface area contributed by atoms with Crippen molar-refractivity contribution in [2.45, 2.75) is 19.5 Å². The van der Waals surface area contributed by atoms with E-state index in [1.165, 1.54) is 6.92 Å². The van der Waals surface area contributed by atoms with E-state index in [9.17, 15) is 4.39 Å². The molecule has 0 bridgehead atoms. The minimum Gasteiger partial charge on any atom is -0.496 e. The average Bonchev–Trinajstić information content (AvgIpc) is 2.25. The maximum Gasteiger partial charge on any atom is 0.123 e. The average molecular weight is 213 g/mol. The number of halogens is 1. The van der Waals surface area contributed by atoms with Gasteiger partial charge in [0.2, 0.25) is 0 Å². The van der Waals surface area contributed by atoms with Crippen LogP contribution in [0.3, 0.4) is 0 Å². The molecule has 2 N–H and O–H groups in total. The summed E-state index contributed by atoms with van der Waals surface area (Å²) in [5.41, 5.74) is 1.45. The molecule has 1 aromatic rings. The standard InChI is InChI=1S/C11H16FNO2/c1-8(12)9-4-3-5-11(14-2)10(9)6-7-15-13/h3-5,8H,6-7,13H2,1-2H3. The van der Waals surface area contributed by atoms with Crippen LogP contribution in [0.2, 0.25) is 0 Å². The first-order valence-electron chi connectivity index (χ1n) is 4.82. The summed E-state index contributed by atoms with van der Waals surface area (Å²) in [6.07, 6.45) is -0.475. The van der Waals surface area contributed by atoms with E-state index in [2.05, 4.69) is 4.84 Å². The van der Waals surface area contributed by atoms with Gasteiger partial charge in [-0.25, -0.2) is 10.3 Å². The fraction of sp³-hybridized carbons (Fsp3) is 0.455. The lowest BCUT2D eigenvalue weighted by Crippen LogP contribution is -2.07. The van der Waals surface area contributed by atoms with Crippen molar-refractivity contribution in [3.05, 3.63) is 29.3 Å². The summed E-state index contributed by atoms with van der Waals surface area (Å²) >= 11 is 0. The summed E-state index contributed by atoms with van der Waals surface area (Å²) < 4.78 is 18.5. The number of alkyl halides is 1. The van der Waals surface area contributed by atoms with Crippen molar-refractivity contribution in [1.82, 2.24) is 0 Å². The van der Waals surface area contributed by atoms with Crippen molar-refractivity contribution in [3.8, 4) is 5.75 Å². The zero-order valence-electron chi connectivity index (χ0n) is 9.00. The van der Waals surface area contributed by atoms with Crippen LogP contribution in [-0.2, 0) is 11.3 Å². The molecular formula is C11H16FNO2. The number of rotatable bonds is 5. The third-order valence-electron chi connectivity index (χ3n) is 2.29. The van der Waals surface area contributed by atoms with Gasteiger partial charge in [-0.05, 0) is 18.6 Å². The molecule has 0 aliphatic heterocycles. The van der Waals surface area contributed by atoms with E-state index in [4.69, 9.17) is 10.6 Å². The summed E-state index contributed by atoms with van der Waals surface area (Å²) in [5.74, 6) is 5.63. The van der Waals surface area contributed by atoms with Crippen molar-refractivity contribution in [2.24, 2.45) is 5.90 Å². The van der Waals surface area contributed by atoms with E-state index >= 15 is 0 Å². The van der Waals surface area contributed by atoms with Gasteiger partial charge in [0.1, 0.15) is 11.9 Å². The highest BCUT2D eigenvalue weighted by Crippen LogP contribution is 2.28. The van der Waals surface area contributed by atoms with Crippen LogP contribution in [0.15, 0.2) is 18.2 Å². The monoisotopic (exact) mass is 213 g/mol. The van der Waals surface area contributed by atoms with E-state index in [1.54, 1.807) is 25.3 Å². The molecule has 0 fully saturated rings. The van der Waals surface area contributed by atoms with Gasteiger partial charge in [-0.2, -0.15) is 0 Å². The second-order valence-corrected chi connectivity index (χ2v) is 3.26. The maximum absolute atomic E-state index is 13.3. The molecule has 0 radical (unpaired) electrons. The Labute approximate surface area is 88.9 Å². The Morgan fingerprint density at radius 2 is 2.20 bits per heavy atom. The minimum absolute atomic E-state index is 0.347. The molecule has 0 saturated heterocycles. The Morgan fingerprint density at radius 1 is 1.47 bits per heavy atom. The number of benzene rings is 1. The van der Waals surface area contributed by atoms with Crippen LogP contribution in [-0.4, -0.2) is 13.7 Å². The largest absolute Gasteiger partial charge is 0.496 e. The molecule has 0 aliphatic rings. The molecule has 0 aromatic heterocycles. The summed E-state index contributed by atoms with van der Waals surface area (Å²) in [6, 6.07) is 5.33. The number of methoxy groups -OCH3 is 1. The van der Waals surface area contributed by atoms with E-state index < -0.39 is 6.17 Å². The smallest absolute Gasteiger partial charge is 0.123 e. The van der Waals surface area contributed by atoms with Gasteiger partial charge in [-0.3, -0.25) is 0 Å². The molecular weight excluding hydrogens is 197 g/mol. The summed E-state index contributed by atoms with van der Waals surface area (Å²) in [6.45, 7) is 1.85. The first-order chi connectivity index (χ1) is 7.20. The van der Waals surface area contributed by atoms with Gasteiger partial charge in [0.25, 0.3) is 0 Å². The molecule has 0 aliphatic carbocycles. The van der Waals surface area contributed by atoms with E-state index in [0.717, 1.165) is 5.56 Å². The topological polar surface area (TPSA) is 44.5 Å². The molecule has 1 aromatic carbocycles. The lowest BCUT2D eigenvalue weighted by Gasteiger charge is -2.14. The molecule has 0 spiro atoms. The molecule has 0 heterocycles. The van der Waals surface area contributed by atoms with E-state index in [0.29, 0.717) is 24.3 Å². The highest BCUT2D eigenvalue weighted by molar-refractivity contribution is 5.41. The molecule has 1 atom stereocenters. The number of hydrogen-bond acceptors (Lipinski definition) is 3. The summed E-state index contributed by atoms with van der Waals surface area (Å²) in [7, 11) is 1.56. The van der Waals surface area contributed by atoms with Crippen LogP contribution in [0.5, 0.6) is 5.75 Å². The van der Waals surface area contributed by atoms with Crippen LogP contribution in [0.4, 0.5) is 4.39 Å². The second-order valence-electron chi connectivity index (χ2n) is 3.26. The molecule has 4 heteroatoms. The van der Waals surface area contributed by atoms with Crippen molar-refractivity contribution in [2.75, 3.05) is 13.7 Å². The third kappa shape index (κ3) is 2.91. The predicted molar refractivity (Wildman–Crippen MR) is 56.4 cm³/mol. The van der Waals surface area contributed by atoms with Crippen molar-refractivity contribution in [3.63, 3.8) is 0 Å². The Bertz CT molecular complexity index is 315. The van der Waals surface area contributed by atoms with Gasteiger partial charge in [0.15, 0.2) is 0 Å². The van der Waals surface area contributed by atoms with Crippen molar-refractivity contribution < 1.29 is 14.0 Å². The van der Waals surface area contributed by atoms with Crippen molar-refractivity contribution >= 4 is 0 Å². The number of hydrogen-bond donors (Lipinski definition) is 1. The van der Waals surface area contributed by atoms with Gasteiger partial charge in [0.05, 0.1) is 13.7 Å². The zero-order chi connectivity index (χ0) is 11.3. The summed E-state index contributed by atoms with van der Waals surface area (Å²) in [5, 5.41) is 0. The second kappa shape index (κ2) is 5.68. The zero-order valence-corrected chi connectivity index (χ0v) is 9.00. The van der Waals surface area contributed by atoms with Crippen LogP contribution < -0.4 is 10.6 Å². The third-order valence-corrected chi connectivity index (χ3v) is 2.29. The number of ether oxygens (including phenoxy) is 1. The van der Waals surface area contributed by atoms with Gasteiger partial charge in [-0.15, -0.1) is 0 Å². The normalized spacial score (nSPS) is 12.5. The SMILES string of the molecule is COc1cccc(C(C)F)c1CCON. The van der Waals surface area contributed by atoms with Crippen LogP contribution in [0.25, 0.3) is 0 Å². The molecule has 15 heavy (non-hydrogen) atoms. The lowest BCUT2D eigenvalue weighted by molar-refractivity contribution is 0.140. The van der Waals surface area contributed by atoms with Crippen molar-refractivity contribution in [1.29, 1.82) is 0 Å². The van der Waals surface area contributed by atoms with E-state index in [-0.39, 0.29) is 0 Å². The van der Waals surface area contributed by atoms with Gasteiger partial charge in [0, 0.05) is 12.0 Å². The molecule has 3 nitrogen and oxygen atoms in total. The fourth-order valence-electron chi connectivity index (χ4n) is 1.58. The van der Waals surface area contributed by atoms with Crippen LogP contribution in [0.1, 0.15) is 24.2 Å². The van der Waals surface area contributed by atoms with Gasteiger partial charge < -0.3 is 9.57 Å².